The van der Waals surface area contributed by atoms with Gasteiger partial charge in [0.05, 0.1) is 25.5 Å². The van der Waals surface area contributed by atoms with Crippen molar-refractivity contribution in [3.05, 3.63) is 94.5 Å². The fourth-order valence-corrected chi connectivity index (χ4v) is 5.14. The van der Waals surface area contributed by atoms with Gasteiger partial charge in [0.1, 0.15) is 0 Å². The van der Waals surface area contributed by atoms with Crippen LogP contribution in [0.15, 0.2) is 71.7 Å². The number of carbonyl (C=O) groups excluding carboxylic acids is 1. The number of carbonyl (C=O) groups is 1. The van der Waals surface area contributed by atoms with Crippen molar-refractivity contribution in [1.82, 2.24) is 0 Å². The molecular weight excluding hydrogens is 410 g/mol. The first-order chi connectivity index (χ1) is 16.2. The lowest BCUT2D eigenvalue weighted by Crippen LogP contribution is -2.29. The zero-order valence-corrected chi connectivity index (χ0v) is 19.2. The van der Waals surface area contributed by atoms with Crippen molar-refractivity contribution in [2.24, 2.45) is 4.99 Å². The van der Waals surface area contributed by atoms with Crippen LogP contribution in [-0.2, 0) is 0 Å². The van der Waals surface area contributed by atoms with E-state index in [-0.39, 0.29) is 11.8 Å². The first kappa shape index (κ1) is 21.4. The van der Waals surface area contributed by atoms with Crippen LogP contribution in [-0.4, -0.2) is 31.3 Å². The highest BCUT2D eigenvalue weighted by Crippen LogP contribution is 2.44. The molecule has 3 aromatic rings. The fraction of sp³-hybridized carbons (Fsp3) is 0.310. The van der Waals surface area contributed by atoms with Gasteiger partial charge in [0.25, 0.3) is 0 Å². The predicted octanol–water partition coefficient (Wildman–Crippen LogP) is 6.20. The summed E-state index contributed by atoms with van der Waals surface area (Å²) in [5.41, 5.74) is 5.80. The summed E-state index contributed by atoms with van der Waals surface area (Å²) in [5, 5.41) is 0. The Hall–Kier alpha value is -3.40. The van der Waals surface area contributed by atoms with Crippen LogP contribution in [0.2, 0.25) is 0 Å². The lowest BCUT2D eigenvalue weighted by Gasteiger charge is -2.36. The highest BCUT2D eigenvalue weighted by molar-refractivity contribution is 6.16. The number of ether oxygens (including phenoxy) is 2. The van der Waals surface area contributed by atoms with Crippen molar-refractivity contribution in [2.45, 2.75) is 44.6 Å². The molecule has 0 saturated heterocycles. The van der Waals surface area contributed by atoms with Crippen molar-refractivity contribution in [1.29, 1.82) is 0 Å². The van der Waals surface area contributed by atoms with Gasteiger partial charge in [-0.15, -0.1) is 0 Å². The summed E-state index contributed by atoms with van der Waals surface area (Å²) in [7, 11) is 1.68. The minimum absolute atomic E-state index is 0.0310. The number of hydrogen-bond acceptors (Lipinski definition) is 4. The van der Waals surface area contributed by atoms with E-state index >= 15 is 0 Å². The molecule has 1 saturated carbocycles. The molecule has 1 fully saturated rings. The molecule has 2 unspecified atom stereocenters. The number of nitrogens with zero attached hydrogens (tertiary/aromatic N) is 1. The highest BCUT2D eigenvalue weighted by atomic mass is 16.5. The normalized spacial score (nSPS) is 19.2. The zero-order chi connectivity index (χ0) is 22.8. The first-order valence-corrected chi connectivity index (χ1v) is 11.8. The molecule has 1 aliphatic heterocycles. The molecule has 1 aliphatic carbocycles. The van der Waals surface area contributed by atoms with Crippen molar-refractivity contribution >= 4 is 11.5 Å². The van der Waals surface area contributed by atoms with Gasteiger partial charge in [-0.1, -0.05) is 67.4 Å². The van der Waals surface area contributed by atoms with Crippen molar-refractivity contribution < 1.29 is 14.3 Å². The smallest absolute Gasteiger partial charge is 0.193 e. The molecule has 0 radical (unpaired) electrons. The molecule has 33 heavy (non-hydrogen) atoms. The Bertz CT molecular complexity index is 1180. The van der Waals surface area contributed by atoms with E-state index in [9.17, 15) is 4.79 Å². The summed E-state index contributed by atoms with van der Waals surface area (Å²) in [6.07, 6.45) is 4.70. The summed E-state index contributed by atoms with van der Waals surface area (Å²) in [4.78, 5) is 18.1. The van der Waals surface area contributed by atoms with Crippen LogP contribution >= 0.6 is 0 Å². The third-order valence-electron chi connectivity index (χ3n) is 6.77. The first-order valence-electron chi connectivity index (χ1n) is 11.8. The van der Waals surface area contributed by atoms with Gasteiger partial charge in [-0.3, -0.25) is 9.79 Å². The number of methoxy groups -OCH3 is 1. The number of benzene rings is 3. The second-order valence-electron chi connectivity index (χ2n) is 8.73. The number of rotatable bonds is 6. The van der Waals surface area contributed by atoms with E-state index in [4.69, 9.17) is 14.5 Å². The minimum Gasteiger partial charge on any atom is -0.493 e. The molecule has 4 nitrogen and oxygen atoms in total. The lowest BCUT2D eigenvalue weighted by molar-refractivity contribution is 0.103. The quantitative estimate of drug-likeness (QED) is 0.430. The van der Waals surface area contributed by atoms with E-state index in [0.717, 1.165) is 41.2 Å². The van der Waals surface area contributed by atoms with Crippen LogP contribution in [0.5, 0.6) is 11.5 Å². The fourth-order valence-electron chi connectivity index (χ4n) is 5.14. The summed E-state index contributed by atoms with van der Waals surface area (Å²) >= 11 is 0. The van der Waals surface area contributed by atoms with Crippen molar-refractivity contribution in [2.75, 3.05) is 13.7 Å². The van der Waals surface area contributed by atoms with E-state index in [1.165, 1.54) is 18.4 Å². The Morgan fingerprint density at radius 3 is 2.39 bits per heavy atom. The summed E-state index contributed by atoms with van der Waals surface area (Å²) < 4.78 is 11.6. The van der Waals surface area contributed by atoms with Gasteiger partial charge in [0, 0.05) is 28.2 Å². The van der Waals surface area contributed by atoms with Crippen LogP contribution in [0, 0.1) is 0 Å². The molecule has 0 spiro atoms. The van der Waals surface area contributed by atoms with Gasteiger partial charge in [-0.2, -0.15) is 0 Å². The van der Waals surface area contributed by atoms with E-state index < -0.39 is 0 Å². The summed E-state index contributed by atoms with van der Waals surface area (Å²) in [6, 6.07) is 21.8. The predicted molar refractivity (Wildman–Crippen MR) is 131 cm³/mol. The van der Waals surface area contributed by atoms with E-state index in [1.807, 2.05) is 61.5 Å². The molecule has 1 heterocycles. The Kier molecular flexibility index (Phi) is 5.99. The summed E-state index contributed by atoms with van der Waals surface area (Å²) in [5.74, 6) is 1.98. The van der Waals surface area contributed by atoms with E-state index in [0.29, 0.717) is 23.7 Å². The Labute approximate surface area is 195 Å². The highest BCUT2D eigenvalue weighted by Gasteiger charge is 2.34. The zero-order valence-electron chi connectivity index (χ0n) is 19.2. The topological polar surface area (TPSA) is 47.9 Å². The van der Waals surface area contributed by atoms with E-state index in [2.05, 4.69) is 12.1 Å². The van der Waals surface area contributed by atoms with Crippen LogP contribution in [0.1, 0.15) is 71.1 Å². The van der Waals surface area contributed by atoms with Crippen molar-refractivity contribution in [3.8, 4) is 11.5 Å². The molecule has 2 atom stereocenters. The van der Waals surface area contributed by atoms with Gasteiger partial charge in [0.2, 0.25) is 0 Å². The maximum absolute atomic E-state index is 12.8. The molecule has 5 rings (SSSR count). The van der Waals surface area contributed by atoms with Crippen molar-refractivity contribution in [3.63, 3.8) is 0 Å². The van der Waals surface area contributed by atoms with Crippen LogP contribution in [0.4, 0.5) is 0 Å². The third kappa shape index (κ3) is 4.06. The second kappa shape index (κ2) is 9.22. The van der Waals surface area contributed by atoms with Crippen LogP contribution < -0.4 is 9.47 Å². The molecule has 0 bridgehead atoms. The maximum Gasteiger partial charge on any atom is 0.193 e. The van der Waals surface area contributed by atoms with Crippen LogP contribution in [0.25, 0.3) is 0 Å². The third-order valence-corrected chi connectivity index (χ3v) is 6.77. The Morgan fingerprint density at radius 1 is 0.939 bits per heavy atom. The van der Waals surface area contributed by atoms with E-state index in [1.54, 1.807) is 7.11 Å². The molecule has 2 aliphatic rings. The standard InChI is InChI=1S/C29H29NO3/c1-3-33-27-17-23-22-11-7-8-12-25(22)30-28(24(23)18-26(27)32-2)19-13-15-21(16-14-19)29(31)20-9-5-4-6-10-20/h4-6,9-10,13-18,22,25H,3,7-8,11-12H2,1-2H3. The Morgan fingerprint density at radius 2 is 1.67 bits per heavy atom. The number of ketones is 1. The average molecular weight is 440 g/mol. The average Bonchev–Trinajstić information content (AvgIpc) is 2.88. The van der Waals surface area contributed by atoms with Crippen LogP contribution in [0.3, 0.4) is 0 Å². The SMILES string of the molecule is CCOc1cc2c(cc1OC)C(c1ccc(C(=O)c3ccccc3)cc1)=NC1CCCCC21. The largest absolute Gasteiger partial charge is 0.493 e. The molecule has 3 aromatic carbocycles. The molecule has 0 N–H and O–H groups in total. The monoisotopic (exact) mass is 439 g/mol. The van der Waals surface area contributed by atoms with Gasteiger partial charge in [0.15, 0.2) is 17.3 Å². The molecule has 4 heteroatoms. The Balaban J connectivity index is 1.55. The summed E-state index contributed by atoms with van der Waals surface area (Å²) in [6.45, 7) is 2.59. The van der Waals surface area contributed by atoms with Gasteiger partial charge in [-0.25, -0.2) is 0 Å². The maximum atomic E-state index is 12.8. The van der Waals surface area contributed by atoms with Gasteiger partial charge >= 0.3 is 0 Å². The molecule has 0 aromatic heterocycles. The molecule has 0 amide bonds. The minimum atomic E-state index is 0.0310. The van der Waals surface area contributed by atoms with Gasteiger partial charge in [-0.05, 0) is 37.5 Å². The van der Waals surface area contributed by atoms with Gasteiger partial charge < -0.3 is 9.47 Å². The number of fused-ring (bicyclic) bond motifs is 3. The second-order valence-corrected chi connectivity index (χ2v) is 8.73. The number of aliphatic imine (C=N–C) groups is 1. The lowest BCUT2D eigenvalue weighted by atomic mass is 9.75. The molecule has 168 valence electrons. The molecular formula is C29H29NO3. The number of hydrogen-bond donors (Lipinski definition) is 0.